The number of hydrogen-bond donors (Lipinski definition) is 1. The molecule has 112 valence electrons. The molecule has 0 aliphatic heterocycles. The van der Waals surface area contributed by atoms with E-state index >= 15 is 0 Å². The van der Waals surface area contributed by atoms with Crippen LogP contribution in [0.15, 0.2) is 30.3 Å². The Morgan fingerprint density at radius 1 is 1.15 bits per heavy atom. The maximum Gasteiger partial charge on any atom is 0.230 e. The first-order valence-corrected chi connectivity index (χ1v) is 7.59. The Morgan fingerprint density at radius 3 is 2.15 bits per heavy atom. The van der Waals surface area contributed by atoms with Crippen molar-refractivity contribution >= 4 is 5.91 Å². The Bertz CT molecular complexity index is 397. The minimum Gasteiger partial charge on any atom is -0.341 e. The molecule has 1 rings (SSSR count). The fourth-order valence-electron chi connectivity index (χ4n) is 2.92. The molecule has 0 spiro atoms. The van der Waals surface area contributed by atoms with Crippen molar-refractivity contribution in [3.8, 4) is 0 Å². The summed E-state index contributed by atoms with van der Waals surface area (Å²) in [5, 5.41) is 0. The van der Waals surface area contributed by atoms with Crippen LogP contribution in [0.5, 0.6) is 0 Å². The largest absolute Gasteiger partial charge is 0.341 e. The summed E-state index contributed by atoms with van der Waals surface area (Å²) in [5.41, 5.74) is 6.74. The summed E-state index contributed by atoms with van der Waals surface area (Å²) >= 11 is 0. The number of nitrogens with zero attached hydrogens (tertiary/aromatic N) is 1. The molecule has 0 saturated carbocycles. The normalized spacial score (nSPS) is 11.4. The minimum absolute atomic E-state index is 0.188. The zero-order chi connectivity index (χ0) is 15.0. The molecule has 0 atom stereocenters. The van der Waals surface area contributed by atoms with Gasteiger partial charge in [-0.25, -0.2) is 0 Å². The van der Waals surface area contributed by atoms with Crippen molar-refractivity contribution in [1.82, 2.24) is 4.90 Å². The molecule has 3 nitrogen and oxygen atoms in total. The summed E-state index contributed by atoms with van der Waals surface area (Å²) in [5.74, 6) is 0.188. The van der Waals surface area contributed by atoms with Gasteiger partial charge < -0.3 is 10.6 Å². The van der Waals surface area contributed by atoms with Crippen LogP contribution < -0.4 is 5.73 Å². The average molecular weight is 276 g/mol. The third kappa shape index (κ3) is 4.07. The van der Waals surface area contributed by atoms with E-state index in [-0.39, 0.29) is 11.3 Å². The minimum atomic E-state index is -0.382. The molecular weight excluding hydrogens is 248 g/mol. The molecule has 0 unspecified atom stereocenters. The summed E-state index contributed by atoms with van der Waals surface area (Å²) < 4.78 is 0. The highest BCUT2D eigenvalue weighted by Gasteiger charge is 2.37. The van der Waals surface area contributed by atoms with Crippen LogP contribution in [-0.4, -0.2) is 24.4 Å². The smallest absolute Gasteiger partial charge is 0.230 e. The molecule has 1 aromatic carbocycles. The third-order valence-corrected chi connectivity index (χ3v) is 3.91. The summed E-state index contributed by atoms with van der Waals surface area (Å²) in [6.07, 6.45) is 3.72. The molecule has 0 heterocycles. The van der Waals surface area contributed by atoms with Crippen LogP contribution in [0.25, 0.3) is 0 Å². The highest BCUT2D eigenvalue weighted by molar-refractivity contribution is 5.82. The summed E-state index contributed by atoms with van der Waals surface area (Å²) in [4.78, 5) is 14.7. The first-order chi connectivity index (χ1) is 9.59. The molecule has 1 aromatic rings. The lowest BCUT2D eigenvalue weighted by molar-refractivity contribution is -0.141. The van der Waals surface area contributed by atoms with E-state index in [0.29, 0.717) is 13.1 Å². The van der Waals surface area contributed by atoms with Gasteiger partial charge in [-0.15, -0.1) is 0 Å². The molecule has 0 aliphatic carbocycles. The van der Waals surface area contributed by atoms with Crippen molar-refractivity contribution in [2.24, 2.45) is 11.1 Å². The molecule has 2 N–H and O–H groups in total. The zero-order valence-corrected chi connectivity index (χ0v) is 13.1. The lowest BCUT2D eigenvalue weighted by Crippen LogP contribution is -2.46. The Labute approximate surface area is 123 Å². The van der Waals surface area contributed by atoms with Crippen LogP contribution in [0.3, 0.4) is 0 Å². The number of hydrogen-bond acceptors (Lipinski definition) is 2. The molecule has 0 radical (unpaired) electrons. The number of carbonyl (C=O) groups excluding carboxylic acids is 1. The first-order valence-electron chi connectivity index (χ1n) is 7.59. The van der Waals surface area contributed by atoms with Gasteiger partial charge in [0.1, 0.15) is 0 Å². The van der Waals surface area contributed by atoms with Gasteiger partial charge in [-0.3, -0.25) is 4.79 Å². The second kappa shape index (κ2) is 8.05. The highest BCUT2D eigenvalue weighted by atomic mass is 16.2. The van der Waals surface area contributed by atoms with Crippen LogP contribution in [0.2, 0.25) is 0 Å². The second-order valence-corrected chi connectivity index (χ2v) is 5.63. The quantitative estimate of drug-likeness (QED) is 0.792. The standard InChI is InChI=1S/C17H28N2O/c1-4-11-17(14-18,12-5-2)16(20)19(3)13-15-9-7-6-8-10-15/h6-10H,4-5,11-14,18H2,1-3H3. The predicted octanol–water partition coefficient (Wildman–Crippen LogP) is 3.19. The maximum absolute atomic E-state index is 12.8. The molecule has 0 aliphatic rings. The van der Waals surface area contributed by atoms with Gasteiger partial charge in [-0.2, -0.15) is 0 Å². The van der Waals surface area contributed by atoms with E-state index in [4.69, 9.17) is 5.73 Å². The molecular formula is C17H28N2O. The molecule has 3 heteroatoms. The van der Waals surface area contributed by atoms with Crippen molar-refractivity contribution in [1.29, 1.82) is 0 Å². The molecule has 0 fully saturated rings. The first kappa shape index (κ1) is 16.7. The second-order valence-electron chi connectivity index (χ2n) is 5.63. The van der Waals surface area contributed by atoms with Gasteiger partial charge in [0, 0.05) is 20.1 Å². The summed E-state index contributed by atoms with van der Waals surface area (Å²) in [6, 6.07) is 10.1. The van der Waals surface area contributed by atoms with Gasteiger partial charge in [-0.1, -0.05) is 57.0 Å². The topological polar surface area (TPSA) is 46.3 Å². The van der Waals surface area contributed by atoms with E-state index in [2.05, 4.69) is 13.8 Å². The van der Waals surface area contributed by atoms with Crippen LogP contribution in [0.4, 0.5) is 0 Å². The van der Waals surface area contributed by atoms with Gasteiger partial charge in [-0.05, 0) is 18.4 Å². The van der Waals surface area contributed by atoms with Crippen LogP contribution >= 0.6 is 0 Å². The molecule has 0 bridgehead atoms. The Kier molecular flexibility index (Phi) is 6.73. The number of rotatable bonds is 8. The number of amides is 1. The zero-order valence-electron chi connectivity index (χ0n) is 13.1. The van der Waals surface area contributed by atoms with Gasteiger partial charge in [0.25, 0.3) is 0 Å². The van der Waals surface area contributed by atoms with E-state index in [1.165, 1.54) is 0 Å². The van der Waals surface area contributed by atoms with Crippen molar-refractivity contribution in [2.75, 3.05) is 13.6 Å². The fraction of sp³-hybridized carbons (Fsp3) is 0.588. The van der Waals surface area contributed by atoms with E-state index in [1.807, 2.05) is 42.3 Å². The Balaban J connectivity index is 2.82. The van der Waals surface area contributed by atoms with Crippen molar-refractivity contribution in [3.05, 3.63) is 35.9 Å². The van der Waals surface area contributed by atoms with E-state index < -0.39 is 0 Å². The van der Waals surface area contributed by atoms with E-state index in [1.54, 1.807) is 0 Å². The van der Waals surface area contributed by atoms with E-state index in [9.17, 15) is 4.79 Å². The third-order valence-electron chi connectivity index (χ3n) is 3.91. The monoisotopic (exact) mass is 276 g/mol. The van der Waals surface area contributed by atoms with Crippen molar-refractivity contribution in [2.45, 2.75) is 46.1 Å². The summed E-state index contributed by atoms with van der Waals surface area (Å²) in [7, 11) is 1.88. The number of carbonyl (C=O) groups is 1. The van der Waals surface area contributed by atoms with Crippen molar-refractivity contribution < 1.29 is 4.79 Å². The number of nitrogens with two attached hydrogens (primary N) is 1. The van der Waals surface area contributed by atoms with Crippen LogP contribution in [-0.2, 0) is 11.3 Å². The lowest BCUT2D eigenvalue weighted by atomic mass is 9.78. The van der Waals surface area contributed by atoms with Crippen LogP contribution in [0, 0.1) is 5.41 Å². The fourth-order valence-corrected chi connectivity index (χ4v) is 2.92. The maximum atomic E-state index is 12.8. The van der Waals surface area contributed by atoms with Gasteiger partial charge >= 0.3 is 0 Å². The number of benzene rings is 1. The van der Waals surface area contributed by atoms with Gasteiger partial charge in [0.2, 0.25) is 5.91 Å². The SMILES string of the molecule is CCCC(CN)(CCC)C(=O)N(C)Cc1ccccc1. The molecule has 1 amide bonds. The molecule has 0 saturated heterocycles. The highest BCUT2D eigenvalue weighted by Crippen LogP contribution is 2.31. The molecule has 20 heavy (non-hydrogen) atoms. The van der Waals surface area contributed by atoms with Crippen molar-refractivity contribution in [3.63, 3.8) is 0 Å². The van der Waals surface area contributed by atoms with E-state index in [0.717, 1.165) is 31.2 Å². The molecule has 0 aromatic heterocycles. The average Bonchev–Trinajstić information content (AvgIpc) is 2.47. The Hall–Kier alpha value is -1.35. The van der Waals surface area contributed by atoms with Gasteiger partial charge in [0.05, 0.1) is 5.41 Å². The van der Waals surface area contributed by atoms with Crippen LogP contribution in [0.1, 0.15) is 45.1 Å². The predicted molar refractivity (Wildman–Crippen MR) is 84.2 cm³/mol. The van der Waals surface area contributed by atoms with Gasteiger partial charge in [0.15, 0.2) is 0 Å². The lowest BCUT2D eigenvalue weighted by Gasteiger charge is -2.35. The Morgan fingerprint density at radius 2 is 1.70 bits per heavy atom. The summed E-state index contributed by atoms with van der Waals surface area (Å²) in [6.45, 7) is 5.32.